The van der Waals surface area contributed by atoms with E-state index >= 15 is 0 Å². The van der Waals surface area contributed by atoms with Gasteiger partial charge in [0, 0.05) is 16.6 Å². The van der Waals surface area contributed by atoms with Gasteiger partial charge in [0.1, 0.15) is 5.75 Å². The van der Waals surface area contributed by atoms with Gasteiger partial charge in [0.05, 0.1) is 18.2 Å². The number of para-hydroxylation sites is 1. The molecule has 0 aliphatic carbocycles. The summed E-state index contributed by atoms with van der Waals surface area (Å²) in [6.07, 6.45) is 4.03. The van der Waals surface area contributed by atoms with E-state index in [0.29, 0.717) is 11.1 Å². The number of ketones is 1. The van der Waals surface area contributed by atoms with Crippen LogP contribution in [0.3, 0.4) is 0 Å². The molecule has 0 unspecified atom stereocenters. The zero-order chi connectivity index (χ0) is 20.2. The highest BCUT2D eigenvalue weighted by atomic mass is 16.5. The number of nitrogens with zero attached hydrogens (tertiary/aromatic N) is 1. The molecule has 0 fully saturated rings. The van der Waals surface area contributed by atoms with Crippen molar-refractivity contribution in [2.45, 2.75) is 6.92 Å². The summed E-state index contributed by atoms with van der Waals surface area (Å²) in [5.74, 6) is 0.794. The summed E-state index contributed by atoms with van der Waals surface area (Å²) < 4.78 is 5.23. The highest BCUT2D eigenvalue weighted by Gasteiger charge is 2.18. The third-order valence-corrected chi connectivity index (χ3v) is 4.93. The molecule has 0 atom stereocenters. The molecule has 4 aromatic rings. The molecule has 0 bridgehead atoms. The van der Waals surface area contributed by atoms with Crippen LogP contribution in [0.25, 0.3) is 23.1 Å². The Hall–Kier alpha value is -3.72. The number of methoxy groups -OCH3 is 1. The third-order valence-electron chi connectivity index (χ3n) is 4.93. The molecule has 0 spiro atoms. The van der Waals surface area contributed by atoms with Crippen molar-refractivity contribution in [2.24, 2.45) is 0 Å². The fourth-order valence-corrected chi connectivity index (χ4v) is 3.45. The van der Waals surface area contributed by atoms with Crippen molar-refractivity contribution in [3.8, 4) is 5.75 Å². The molecule has 0 aliphatic rings. The quantitative estimate of drug-likeness (QED) is 0.402. The van der Waals surface area contributed by atoms with Gasteiger partial charge in [0.2, 0.25) is 0 Å². The van der Waals surface area contributed by atoms with Gasteiger partial charge in [-0.2, -0.15) is 0 Å². The first kappa shape index (κ1) is 18.6. The lowest BCUT2D eigenvalue weighted by atomic mass is 9.93. The lowest BCUT2D eigenvalue weighted by molar-refractivity contribution is 0.103. The van der Waals surface area contributed by atoms with Gasteiger partial charge in [-0.3, -0.25) is 9.78 Å². The number of pyridine rings is 1. The summed E-state index contributed by atoms with van der Waals surface area (Å²) in [5.41, 5.74) is 4.82. The first-order valence-corrected chi connectivity index (χ1v) is 9.48. The van der Waals surface area contributed by atoms with Crippen molar-refractivity contribution in [1.82, 2.24) is 4.98 Å². The number of rotatable bonds is 5. The van der Waals surface area contributed by atoms with Gasteiger partial charge in [-0.25, -0.2) is 0 Å². The van der Waals surface area contributed by atoms with Crippen LogP contribution in [0, 0.1) is 6.92 Å². The molecule has 3 nitrogen and oxygen atoms in total. The summed E-state index contributed by atoms with van der Waals surface area (Å²) >= 11 is 0. The molecule has 0 aliphatic heterocycles. The maximum Gasteiger partial charge on any atom is 0.195 e. The van der Waals surface area contributed by atoms with Gasteiger partial charge < -0.3 is 4.74 Å². The van der Waals surface area contributed by atoms with Crippen LogP contribution in [-0.4, -0.2) is 17.9 Å². The molecule has 4 rings (SSSR count). The largest absolute Gasteiger partial charge is 0.497 e. The maximum atomic E-state index is 13.3. The summed E-state index contributed by atoms with van der Waals surface area (Å²) in [4.78, 5) is 18.0. The average molecular weight is 379 g/mol. The standard InChI is InChI=1S/C26H21NO2/c1-18-25(26(28)20-8-4-3-5-9-20)23(22-10-6-7-11-24(22)27-18)17-14-19-12-15-21(29-2)16-13-19/h3-17H,1-2H3/b17-14+. The molecule has 142 valence electrons. The molecule has 1 aromatic heterocycles. The van der Waals surface area contributed by atoms with Crippen molar-refractivity contribution < 1.29 is 9.53 Å². The summed E-state index contributed by atoms with van der Waals surface area (Å²) in [6, 6.07) is 25.1. The summed E-state index contributed by atoms with van der Waals surface area (Å²) in [5, 5.41) is 0.960. The minimum absolute atomic E-state index is 0.0178. The third kappa shape index (κ3) is 3.81. The first-order chi connectivity index (χ1) is 14.2. The van der Waals surface area contributed by atoms with Crippen LogP contribution in [-0.2, 0) is 0 Å². The zero-order valence-corrected chi connectivity index (χ0v) is 16.4. The van der Waals surface area contributed by atoms with Crippen LogP contribution in [0.2, 0.25) is 0 Å². The van der Waals surface area contributed by atoms with Crippen LogP contribution in [0.5, 0.6) is 5.75 Å². The number of aromatic nitrogens is 1. The SMILES string of the molecule is COc1ccc(/C=C/c2c(C(=O)c3ccccc3)c(C)nc3ccccc23)cc1. The molecule has 1 heterocycles. The van der Waals surface area contributed by atoms with E-state index < -0.39 is 0 Å². The Balaban J connectivity index is 1.87. The highest BCUT2D eigenvalue weighted by molar-refractivity contribution is 6.14. The second-order valence-electron chi connectivity index (χ2n) is 6.80. The molecule has 0 saturated heterocycles. The van der Waals surface area contributed by atoms with E-state index in [1.807, 2.05) is 97.9 Å². The highest BCUT2D eigenvalue weighted by Crippen LogP contribution is 2.28. The molecule has 3 aromatic carbocycles. The van der Waals surface area contributed by atoms with Crippen LogP contribution in [0.15, 0.2) is 78.9 Å². The predicted molar refractivity (Wildman–Crippen MR) is 118 cm³/mol. The number of fused-ring (bicyclic) bond motifs is 1. The van der Waals surface area contributed by atoms with E-state index in [1.165, 1.54) is 0 Å². The van der Waals surface area contributed by atoms with E-state index in [-0.39, 0.29) is 5.78 Å². The average Bonchev–Trinajstić information content (AvgIpc) is 2.77. The van der Waals surface area contributed by atoms with Gasteiger partial charge in [0.15, 0.2) is 5.78 Å². The second-order valence-corrected chi connectivity index (χ2v) is 6.80. The Labute approximate surface area is 170 Å². The lowest BCUT2D eigenvalue weighted by Crippen LogP contribution is -2.08. The minimum atomic E-state index is -0.0178. The van der Waals surface area contributed by atoms with Gasteiger partial charge in [-0.15, -0.1) is 0 Å². The Morgan fingerprint density at radius 1 is 0.862 bits per heavy atom. The van der Waals surface area contributed by atoms with Crippen molar-refractivity contribution in [1.29, 1.82) is 0 Å². The molecule has 0 saturated carbocycles. The van der Waals surface area contributed by atoms with Crippen molar-refractivity contribution in [3.63, 3.8) is 0 Å². The molecule has 29 heavy (non-hydrogen) atoms. The fraction of sp³-hybridized carbons (Fsp3) is 0.0769. The molecular formula is C26H21NO2. The molecule has 0 amide bonds. The zero-order valence-electron chi connectivity index (χ0n) is 16.4. The molecular weight excluding hydrogens is 358 g/mol. The summed E-state index contributed by atoms with van der Waals surface area (Å²) in [7, 11) is 1.65. The Morgan fingerprint density at radius 2 is 1.55 bits per heavy atom. The Bertz CT molecular complexity index is 1190. The van der Waals surface area contributed by atoms with Gasteiger partial charge >= 0.3 is 0 Å². The lowest BCUT2D eigenvalue weighted by Gasteiger charge is -2.12. The van der Waals surface area contributed by atoms with Crippen LogP contribution >= 0.6 is 0 Å². The van der Waals surface area contributed by atoms with Gasteiger partial charge in [0.25, 0.3) is 0 Å². The number of hydrogen-bond acceptors (Lipinski definition) is 3. The van der Waals surface area contributed by atoms with Crippen molar-refractivity contribution >= 4 is 28.8 Å². The van der Waals surface area contributed by atoms with E-state index in [2.05, 4.69) is 4.98 Å². The molecule has 0 radical (unpaired) electrons. The maximum absolute atomic E-state index is 13.3. The topological polar surface area (TPSA) is 39.2 Å². The van der Waals surface area contributed by atoms with E-state index in [1.54, 1.807) is 7.11 Å². The monoisotopic (exact) mass is 379 g/mol. The first-order valence-electron chi connectivity index (χ1n) is 9.48. The summed E-state index contributed by atoms with van der Waals surface area (Å²) in [6.45, 7) is 1.90. The van der Waals surface area contributed by atoms with E-state index in [0.717, 1.165) is 33.5 Å². The number of aryl methyl sites for hydroxylation is 1. The predicted octanol–water partition coefficient (Wildman–Crippen LogP) is 5.95. The van der Waals surface area contributed by atoms with E-state index in [9.17, 15) is 4.79 Å². The number of carbonyl (C=O) groups excluding carboxylic acids is 1. The Kier molecular flexibility index (Phi) is 5.21. The normalized spacial score (nSPS) is 11.1. The van der Waals surface area contributed by atoms with E-state index in [4.69, 9.17) is 4.74 Å². The number of carbonyl (C=O) groups is 1. The second kappa shape index (κ2) is 8.11. The van der Waals surface area contributed by atoms with Crippen LogP contribution < -0.4 is 4.74 Å². The van der Waals surface area contributed by atoms with Gasteiger partial charge in [-0.1, -0.05) is 72.8 Å². The van der Waals surface area contributed by atoms with Crippen molar-refractivity contribution in [3.05, 3.63) is 107 Å². The van der Waals surface area contributed by atoms with Crippen LogP contribution in [0.1, 0.15) is 32.7 Å². The van der Waals surface area contributed by atoms with Crippen molar-refractivity contribution in [2.75, 3.05) is 7.11 Å². The fourth-order valence-electron chi connectivity index (χ4n) is 3.45. The van der Waals surface area contributed by atoms with Gasteiger partial charge in [-0.05, 0) is 36.2 Å². The molecule has 3 heteroatoms. The molecule has 0 N–H and O–H groups in total. The number of hydrogen-bond donors (Lipinski definition) is 0. The van der Waals surface area contributed by atoms with Crippen LogP contribution in [0.4, 0.5) is 0 Å². The Morgan fingerprint density at radius 3 is 2.28 bits per heavy atom. The smallest absolute Gasteiger partial charge is 0.195 e. The minimum Gasteiger partial charge on any atom is -0.497 e. The number of ether oxygens (including phenoxy) is 1. The number of benzene rings is 3.